The summed E-state index contributed by atoms with van der Waals surface area (Å²) >= 11 is 0. The molecule has 1 atom stereocenters. The number of nitrogens with zero attached hydrogens (tertiary/aromatic N) is 3. The number of hydrogen-bond acceptors (Lipinski definition) is 6. The minimum atomic E-state index is -4.29. The Bertz CT molecular complexity index is 1150. The van der Waals surface area contributed by atoms with E-state index in [0.717, 1.165) is 22.5 Å². The number of aromatic nitrogens is 1. The summed E-state index contributed by atoms with van der Waals surface area (Å²) in [7, 11) is 0. The molecule has 2 amide bonds. The number of urea groups is 1. The molecule has 4 rings (SSSR count). The summed E-state index contributed by atoms with van der Waals surface area (Å²) in [6, 6.07) is 8.76. The lowest BCUT2D eigenvalue weighted by atomic mass is 10.00. The highest BCUT2D eigenvalue weighted by molar-refractivity contribution is 5.91. The van der Waals surface area contributed by atoms with Gasteiger partial charge in [-0.15, -0.1) is 0 Å². The van der Waals surface area contributed by atoms with Gasteiger partial charge in [0, 0.05) is 37.9 Å². The van der Waals surface area contributed by atoms with Crippen LogP contribution < -0.4 is 15.5 Å². The lowest BCUT2D eigenvalue weighted by Gasteiger charge is -2.29. The van der Waals surface area contributed by atoms with E-state index in [1.807, 2.05) is 38.1 Å². The van der Waals surface area contributed by atoms with E-state index in [9.17, 15) is 23.1 Å². The third-order valence-corrected chi connectivity index (χ3v) is 6.32. The predicted molar refractivity (Wildman–Crippen MR) is 137 cm³/mol. The SMILES string of the molecule is Cc1ccc(NC(=O)N2CC=C(CC(F)(F)F)C2)cc1-c1cc(N[C@H](C)CO)nc(N2CCOCC2)c1. The van der Waals surface area contributed by atoms with Crippen molar-refractivity contribution in [1.82, 2.24) is 9.88 Å². The zero-order valence-electron chi connectivity index (χ0n) is 20.9. The molecule has 3 heterocycles. The van der Waals surface area contributed by atoms with Crippen LogP contribution in [0.4, 0.5) is 35.3 Å². The zero-order chi connectivity index (χ0) is 26.6. The van der Waals surface area contributed by atoms with E-state index in [2.05, 4.69) is 15.5 Å². The minimum Gasteiger partial charge on any atom is -0.394 e. The van der Waals surface area contributed by atoms with Gasteiger partial charge >= 0.3 is 12.2 Å². The third-order valence-electron chi connectivity index (χ3n) is 6.32. The molecule has 0 bridgehead atoms. The number of amides is 2. The highest BCUT2D eigenvalue weighted by Gasteiger charge is 2.32. The maximum absolute atomic E-state index is 12.8. The summed E-state index contributed by atoms with van der Waals surface area (Å²) in [4.78, 5) is 21.0. The van der Waals surface area contributed by atoms with Crippen LogP contribution in [0.3, 0.4) is 0 Å². The van der Waals surface area contributed by atoms with E-state index in [4.69, 9.17) is 9.72 Å². The van der Waals surface area contributed by atoms with Gasteiger partial charge in [0.25, 0.3) is 0 Å². The second-order valence-corrected chi connectivity index (χ2v) is 9.42. The number of pyridine rings is 1. The number of nitrogens with one attached hydrogen (secondary N) is 2. The van der Waals surface area contributed by atoms with E-state index < -0.39 is 18.6 Å². The Hall–Kier alpha value is -3.31. The number of benzene rings is 1. The van der Waals surface area contributed by atoms with E-state index in [1.165, 1.54) is 11.0 Å². The number of ether oxygens (including phenoxy) is 1. The predicted octanol–water partition coefficient (Wildman–Crippen LogP) is 4.41. The highest BCUT2D eigenvalue weighted by atomic mass is 19.4. The largest absolute Gasteiger partial charge is 0.394 e. The summed E-state index contributed by atoms with van der Waals surface area (Å²) in [6.45, 7) is 6.51. The van der Waals surface area contributed by atoms with Gasteiger partial charge < -0.3 is 30.3 Å². The van der Waals surface area contributed by atoms with E-state index >= 15 is 0 Å². The lowest BCUT2D eigenvalue weighted by Crippen LogP contribution is -2.37. The first-order valence-corrected chi connectivity index (χ1v) is 12.2. The Kier molecular flexibility index (Phi) is 8.23. The fourth-order valence-electron chi connectivity index (χ4n) is 4.37. The molecule has 2 aromatic rings. The lowest BCUT2D eigenvalue weighted by molar-refractivity contribution is -0.127. The van der Waals surface area contributed by atoms with Crippen molar-refractivity contribution in [2.24, 2.45) is 0 Å². The van der Waals surface area contributed by atoms with Crippen LogP contribution in [0.1, 0.15) is 18.9 Å². The van der Waals surface area contributed by atoms with Crippen LogP contribution >= 0.6 is 0 Å². The summed E-state index contributed by atoms with van der Waals surface area (Å²) < 4.78 is 43.6. The maximum Gasteiger partial charge on any atom is 0.392 e. The molecule has 1 aromatic heterocycles. The molecule has 0 unspecified atom stereocenters. The molecule has 200 valence electrons. The van der Waals surface area contributed by atoms with Crippen molar-refractivity contribution in [3.63, 3.8) is 0 Å². The quantitative estimate of drug-likeness (QED) is 0.470. The van der Waals surface area contributed by atoms with Gasteiger partial charge in [-0.05, 0) is 60.4 Å². The molecule has 0 radical (unpaired) electrons. The second-order valence-electron chi connectivity index (χ2n) is 9.42. The Balaban J connectivity index is 1.56. The van der Waals surface area contributed by atoms with Gasteiger partial charge in [0.2, 0.25) is 0 Å². The second kappa shape index (κ2) is 11.4. The van der Waals surface area contributed by atoms with Gasteiger partial charge in [-0.1, -0.05) is 12.1 Å². The minimum absolute atomic E-state index is 0.0462. The fourth-order valence-corrected chi connectivity index (χ4v) is 4.37. The summed E-state index contributed by atoms with van der Waals surface area (Å²) in [5, 5.41) is 15.5. The molecule has 1 fully saturated rings. The van der Waals surface area contributed by atoms with E-state index in [-0.39, 0.29) is 31.3 Å². The number of anilines is 3. The molecular formula is C26H32F3N5O3. The van der Waals surface area contributed by atoms with E-state index in [1.54, 1.807) is 6.07 Å². The average Bonchev–Trinajstić information content (AvgIpc) is 3.32. The summed E-state index contributed by atoms with van der Waals surface area (Å²) in [6.07, 6.45) is -3.85. The molecule has 0 saturated carbocycles. The average molecular weight is 520 g/mol. The van der Waals surface area contributed by atoms with Gasteiger partial charge in [0.1, 0.15) is 11.6 Å². The number of aliphatic hydroxyl groups is 1. The third kappa shape index (κ3) is 7.14. The normalized spacial score (nSPS) is 17.0. The van der Waals surface area contributed by atoms with Crippen molar-refractivity contribution in [3.05, 3.63) is 47.5 Å². The Morgan fingerprint density at radius 2 is 1.97 bits per heavy atom. The van der Waals surface area contributed by atoms with Gasteiger partial charge in [-0.2, -0.15) is 13.2 Å². The van der Waals surface area contributed by atoms with Crippen LogP contribution in [0.5, 0.6) is 0 Å². The molecule has 0 aliphatic carbocycles. The van der Waals surface area contributed by atoms with Crippen molar-refractivity contribution in [3.8, 4) is 11.1 Å². The number of hydrogen-bond donors (Lipinski definition) is 3. The maximum atomic E-state index is 12.8. The topological polar surface area (TPSA) is 90.0 Å². The molecule has 0 spiro atoms. The fraction of sp³-hybridized carbons (Fsp3) is 0.462. The van der Waals surface area contributed by atoms with Crippen molar-refractivity contribution in [2.45, 2.75) is 32.5 Å². The van der Waals surface area contributed by atoms with Crippen molar-refractivity contribution < 1.29 is 27.8 Å². The highest BCUT2D eigenvalue weighted by Crippen LogP contribution is 2.32. The number of halogens is 3. The zero-order valence-corrected chi connectivity index (χ0v) is 20.9. The molecule has 11 heteroatoms. The number of alkyl halides is 3. The van der Waals surface area contributed by atoms with Gasteiger partial charge in [0.05, 0.1) is 26.2 Å². The summed E-state index contributed by atoms with van der Waals surface area (Å²) in [5.41, 5.74) is 3.47. The first-order valence-electron chi connectivity index (χ1n) is 12.2. The molecular weight excluding hydrogens is 487 g/mol. The van der Waals surface area contributed by atoms with Gasteiger partial charge in [-0.25, -0.2) is 9.78 Å². The van der Waals surface area contributed by atoms with Crippen molar-refractivity contribution >= 4 is 23.4 Å². The first-order chi connectivity index (χ1) is 17.6. The van der Waals surface area contributed by atoms with Crippen LogP contribution in [0, 0.1) is 6.92 Å². The molecule has 3 N–H and O–H groups in total. The van der Waals surface area contributed by atoms with Crippen LogP contribution in [0.15, 0.2) is 42.0 Å². The molecule has 1 saturated heterocycles. The molecule has 8 nitrogen and oxygen atoms in total. The van der Waals surface area contributed by atoms with Crippen LogP contribution in [-0.4, -0.2) is 79.2 Å². The number of aliphatic hydroxyl groups excluding tert-OH is 1. The Morgan fingerprint density at radius 3 is 2.68 bits per heavy atom. The van der Waals surface area contributed by atoms with Crippen molar-refractivity contribution in [1.29, 1.82) is 0 Å². The molecule has 1 aromatic carbocycles. The standard InChI is InChI=1S/C26H32F3N5O3/c1-17-3-4-21(31-25(36)34-6-5-19(15-34)14-26(27,28)29)13-22(17)20-11-23(30-18(2)16-35)32-24(12-20)33-7-9-37-10-8-33/h3-5,11-13,18,35H,6-10,14-16H2,1-2H3,(H,30,32)(H,31,36)/t18-/m1/s1. The van der Waals surface area contributed by atoms with Crippen molar-refractivity contribution in [2.75, 3.05) is 61.5 Å². The number of carbonyl (C=O) groups excluding carboxylic acids is 1. The Labute approximate surface area is 214 Å². The van der Waals surface area contributed by atoms with Gasteiger partial charge in [-0.3, -0.25) is 0 Å². The Morgan fingerprint density at radius 1 is 1.22 bits per heavy atom. The summed E-state index contributed by atoms with van der Waals surface area (Å²) in [5.74, 6) is 1.40. The molecule has 2 aliphatic rings. The van der Waals surface area contributed by atoms with Crippen LogP contribution in [0.2, 0.25) is 0 Å². The molecule has 37 heavy (non-hydrogen) atoms. The van der Waals surface area contributed by atoms with E-state index in [0.29, 0.717) is 37.8 Å². The number of morpholine rings is 1. The smallest absolute Gasteiger partial charge is 0.392 e. The van der Waals surface area contributed by atoms with Crippen LogP contribution in [0.25, 0.3) is 11.1 Å². The number of aryl methyl sites for hydroxylation is 1. The van der Waals surface area contributed by atoms with Crippen LogP contribution in [-0.2, 0) is 4.74 Å². The van der Waals surface area contributed by atoms with Gasteiger partial charge in [0.15, 0.2) is 0 Å². The monoisotopic (exact) mass is 519 g/mol. The molecule has 2 aliphatic heterocycles. The number of rotatable bonds is 7. The number of carbonyl (C=O) groups is 1. The first kappa shape index (κ1) is 26.7.